The fourth-order valence-electron chi connectivity index (χ4n) is 1.29. The van der Waals surface area contributed by atoms with Crippen molar-refractivity contribution in [2.24, 2.45) is 0 Å². The Bertz CT molecular complexity index is 545. The Morgan fingerprint density at radius 3 is 2.82 bits per heavy atom. The molecule has 0 fully saturated rings. The van der Waals surface area contributed by atoms with Gasteiger partial charge in [0.25, 0.3) is 5.91 Å². The average molecular weight is 312 g/mol. The van der Waals surface area contributed by atoms with Gasteiger partial charge in [0.2, 0.25) is 0 Å². The smallest absolute Gasteiger partial charge is 0.258 e. The fourth-order valence-corrected chi connectivity index (χ4v) is 1.89. The molecule has 1 aromatic carbocycles. The number of hydrogen-bond donors (Lipinski definition) is 1. The van der Waals surface area contributed by atoms with Gasteiger partial charge < -0.3 is 5.32 Å². The summed E-state index contributed by atoms with van der Waals surface area (Å²) >= 11 is 9.15. The molecule has 0 saturated heterocycles. The third-order valence-electron chi connectivity index (χ3n) is 2.08. The minimum atomic E-state index is -0.252. The lowest BCUT2D eigenvalue weighted by molar-refractivity contribution is 0.102. The fraction of sp³-hybridized carbons (Fsp3) is 0. The van der Waals surface area contributed by atoms with Gasteiger partial charge in [-0.15, -0.1) is 0 Å². The van der Waals surface area contributed by atoms with Crippen LogP contribution in [0.1, 0.15) is 10.4 Å². The molecule has 17 heavy (non-hydrogen) atoms. The first kappa shape index (κ1) is 12.1. The topological polar surface area (TPSA) is 42.0 Å². The molecule has 0 saturated carbocycles. The van der Waals surface area contributed by atoms with Crippen molar-refractivity contribution in [1.82, 2.24) is 4.98 Å². The van der Waals surface area contributed by atoms with Crippen molar-refractivity contribution in [1.29, 1.82) is 0 Å². The third-order valence-corrected chi connectivity index (χ3v) is 3.01. The second-order valence-corrected chi connectivity index (χ2v) is 4.58. The number of carbonyl (C=O) groups excluding carboxylic acids is 1. The number of nitrogens with zero attached hydrogens (tertiary/aromatic N) is 1. The molecular formula is C12H8BrClN2O. The summed E-state index contributed by atoms with van der Waals surface area (Å²) in [6, 6.07) is 10.3. The lowest BCUT2D eigenvalue weighted by Gasteiger charge is -2.06. The van der Waals surface area contributed by atoms with Crippen LogP contribution >= 0.6 is 27.5 Å². The van der Waals surface area contributed by atoms with E-state index in [1.165, 1.54) is 0 Å². The van der Waals surface area contributed by atoms with Crippen molar-refractivity contribution in [2.75, 3.05) is 5.32 Å². The summed E-state index contributed by atoms with van der Waals surface area (Å²) in [5, 5.41) is 3.20. The summed E-state index contributed by atoms with van der Waals surface area (Å²) < 4.78 is 0.690. The van der Waals surface area contributed by atoms with Crippen LogP contribution in [0.4, 0.5) is 5.82 Å². The molecule has 1 heterocycles. The number of hydrogen-bond acceptors (Lipinski definition) is 2. The Morgan fingerprint density at radius 2 is 2.12 bits per heavy atom. The van der Waals surface area contributed by atoms with Crippen LogP contribution in [-0.2, 0) is 0 Å². The van der Waals surface area contributed by atoms with Gasteiger partial charge in [0.15, 0.2) is 0 Å². The van der Waals surface area contributed by atoms with Crippen LogP contribution < -0.4 is 5.32 Å². The van der Waals surface area contributed by atoms with Gasteiger partial charge in [-0.25, -0.2) is 4.98 Å². The molecule has 0 bridgehead atoms. The standard InChI is InChI=1S/C12H8BrClN2O/c13-10-5-4-8(14)7-9(10)12(17)16-11-3-1-2-6-15-11/h1-7H,(H,15,16,17). The van der Waals surface area contributed by atoms with Crippen LogP contribution in [0.25, 0.3) is 0 Å². The van der Waals surface area contributed by atoms with Crippen molar-refractivity contribution in [2.45, 2.75) is 0 Å². The highest BCUT2D eigenvalue weighted by Crippen LogP contribution is 2.21. The van der Waals surface area contributed by atoms with Crippen LogP contribution in [0.3, 0.4) is 0 Å². The van der Waals surface area contributed by atoms with Gasteiger partial charge in [-0.1, -0.05) is 17.7 Å². The Morgan fingerprint density at radius 1 is 1.29 bits per heavy atom. The Hall–Kier alpha value is -1.39. The predicted molar refractivity (Wildman–Crippen MR) is 71.3 cm³/mol. The van der Waals surface area contributed by atoms with Crippen LogP contribution in [0.5, 0.6) is 0 Å². The predicted octanol–water partition coefficient (Wildman–Crippen LogP) is 3.75. The van der Waals surface area contributed by atoms with Crippen molar-refractivity contribution in [3.05, 3.63) is 57.7 Å². The molecular weight excluding hydrogens is 304 g/mol. The van der Waals surface area contributed by atoms with Crippen LogP contribution in [0.2, 0.25) is 5.02 Å². The number of amides is 1. The van der Waals surface area contributed by atoms with E-state index in [0.717, 1.165) is 0 Å². The summed E-state index contributed by atoms with van der Waals surface area (Å²) in [6.45, 7) is 0. The van der Waals surface area contributed by atoms with Crippen molar-refractivity contribution in [3.63, 3.8) is 0 Å². The second-order valence-electron chi connectivity index (χ2n) is 3.29. The molecule has 5 heteroatoms. The van der Waals surface area contributed by atoms with Crippen molar-refractivity contribution in [3.8, 4) is 0 Å². The van der Waals surface area contributed by atoms with Gasteiger partial charge >= 0.3 is 0 Å². The molecule has 1 N–H and O–H groups in total. The summed E-state index contributed by atoms with van der Waals surface area (Å²) in [4.78, 5) is 16.0. The van der Waals surface area contributed by atoms with E-state index in [-0.39, 0.29) is 5.91 Å². The number of aromatic nitrogens is 1. The van der Waals surface area contributed by atoms with Gasteiger partial charge in [0.05, 0.1) is 5.56 Å². The molecule has 0 unspecified atom stereocenters. The van der Waals surface area contributed by atoms with Gasteiger partial charge in [0.1, 0.15) is 5.82 Å². The molecule has 3 nitrogen and oxygen atoms in total. The van der Waals surface area contributed by atoms with E-state index in [1.54, 1.807) is 42.6 Å². The van der Waals surface area contributed by atoms with Crippen LogP contribution in [0.15, 0.2) is 47.1 Å². The van der Waals surface area contributed by atoms with Gasteiger partial charge in [-0.3, -0.25) is 4.79 Å². The zero-order chi connectivity index (χ0) is 12.3. The Balaban J connectivity index is 2.23. The first-order valence-corrected chi connectivity index (χ1v) is 6.01. The number of rotatable bonds is 2. The number of nitrogens with one attached hydrogen (secondary N) is 1. The summed E-state index contributed by atoms with van der Waals surface area (Å²) in [7, 11) is 0. The lowest BCUT2D eigenvalue weighted by Crippen LogP contribution is -2.13. The lowest BCUT2D eigenvalue weighted by atomic mass is 10.2. The molecule has 1 amide bonds. The average Bonchev–Trinajstić information content (AvgIpc) is 2.33. The molecule has 2 rings (SSSR count). The zero-order valence-electron chi connectivity index (χ0n) is 8.65. The second kappa shape index (κ2) is 5.29. The SMILES string of the molecule is O=C(Nc1ccccn1)c1cc(Cl)ccc1Br. The van der Waals surface area contributed by atoms with Crippen LogP contribution in [-0.4, -0.2) is 10.9 Å². The number of pyridine rings is 1. The normalized spacial score (nSPS) is 10.0. The minimum Gasteiger partial charge on any atom is -0.307 e. The molecule has 0 aliphatic rings. The number of carbonyl (C=O) groups is 1. The highest BCUT2D eigenvalue weighted by molar-refractivity contribution is 9.10. The number of halogens is 2. The van der Waals surface area contributed by atoms with E-state index in [1.807, 2.05) is 0 Å². The van der Waals surface area contributed by atoms with E-state index in [0.29, 0.717) is 20.9 Å². The zero-order valence-corrected chi connectivity index (χ0v) is 11.0. The Labute approximate surface area is 112 Å². The molecule has 0 aliphatic heterocycles. The minimum absolute atomic E-state index is 0.252. The largest absolute Gasteiger partial charge is 0.307 e. The summed E-state index contributed by atoms with van der Waals surface area (Å²) in [5.41, 5.74) is 0.475. The van der Waals surface area contributed by atoms with E-state index in [9.17, 15) is 4.79 Å². The van der Waals surface area contributed by atoms with Crippen LogP contribution in [0, 0.1) is 0 Å². The quantitative estimate of drug-likeness (QED) is 0.918. The molecule has 0 spiro atoms. The monoisotopic (exact) mass is 310 g/mol. The molecule has 2 aromatic rings. The van der Waals surface area contributed by atoms with E-state index < -0.39 is 0 Å². The molecule has 1 aromatic heterocycles. The molecule has 0 radical (unpaired) electrons. The van der Waals surface area contributed by atoms with Gasteiger partial charge in [-0.05, 0) is 46.3 Å². The molecule has 0 aliphatic carbocycles. The summed E-state index contributed by atoms with van der Waals surface area (Å²) in [5.74, 6) is 0.252. The molecule has 86 valence electrons. The Kier molecular flexibility index (Phi) is 3.76. The van der Waals surface area contributed by atoms with Gasteiger partial charge in [-0.2, -0.15) is 0 Å². The third kappa shape index (κ3) is 3.05. The highest BCUT2D eigenvalue weighted by Gasteiger charge is 2.11. The first-order valence-electron chi connectivity index (χ1n) is 4.84. The van der Waals surface area contributed by atoms with Gasteiger partial charge in [0, 0.05) is 15.7 Å². The summed E-state index contributed by atoms with van der Waals surface area (Å²) in [6.07, 6.45) is 1.61. The van der Waals surface area contributed by atoms with Crippen molar-refractivity contribution < 1.29 is 4.79 Å². The maximum absolute atomic E-state index is 11.9. The van der Waals surface area contributed by atoms with E-state index in [2.05, 4.69) is 26.2 Å². The maximum atomic E-state index is 11.9. The van der Waals surface area contributed by atoms with E-state index >= 15 is 0 Å². The number of anilines is 1. The molecule has 0 atom stereocenters. The van der Waals surface area contributed by atoms with E-state index in [4.69, 9.17) is 11.6 Å². The van der Waals surface area contributed by atoms with Crippen molar-refractivity contribution >= 4 is 39.3 Å². The highest BCUT2D eigenvalue weighted by atomic mass is 79.9. The number of benzene rings is 1. The maximum Gasteiger partial charge on any atom is 0.258 e. The first-order chi connectivity index (χ1) is 8.16.